The van der Waals surface area contributed by atoms with E-state index in [0.29, 0.717) is 13.0 Å². The fraction of sp³-hybridized carbons (Fsp3) is 0.438. The van der Waals surface area contributed by atoms with Crippen LogP contribution in [-0.2, 0) is 11.2 Å². The zero-order chi connectivity index (χ0) is 15.6. The predicted molar refractivity (Wildman–Crippen MR) is 82.4 cm³/mol. The summed E-state index contributed by atoms with van der Waals surface area (Å²) in [4.78, 5) is 15.0. The highest BCUT2D eigenvalue weighted by Crippen LogP contribution is 2.20. The van der Waals surface area contributed by atoms with Crippen molar-refractivity contribution in [1.82, 2.24) is 10.3 Å². The minimum atomic E-state index is -0.533. The normalized spacial score (nSPS) is 13.4. The lowest BCUT2D eigenvalue weighted by atomic mass is 9.87. The van der Waals surface area contributed by atoms with Crippen LogP contribution >= 0.6 is 0 Å². The molecule has 1 amide bonds. The number of nitrogens with two attached hydrogens (primary N) is 1. The van der Waals surface area contributed by atoms with Crippen molar-refractivity contribution in [3.05, 3.63) is 35.8 Å². The number of carbonyl (C=O) groups excluding carboxylic acids is 1. The molecule has 0 saturated carbocycles. The molecule has 114 valence electrons. The van der Waals surface area contributed by atoms with Crippen LogP contribution in [0.3, 0.4) is 0 Å². The number of hydrogen-bond acceptors (Lipinski definition) is 2. The Morgan fingerprint density at radius 3 is 2.81 bits per heavy atom. The first kappa shape index (κ1) is 15.5. The number of amides is 1. The highest BCUT2D eigenvalue weighted by atomic mass is 19.1. The van der Waals surface area contributed by atoms with Crippen molar-refractivity contribution in [2.75, 3.05) is 6.54 Å². The number of hydrogen-bond donors (Lipinski definition) is 3. The molecular formula is C16H22FN3O. The van der Waals surface area contributed by atoms with Crippen molar-refractivity contribution in [3.63, 3.8) is 0 Å². The van der Waals surface area contributed by atoms with Crippen LogP contribution in [0.1, 0.15) is 26.3 Å². The molecule has 0 aliphatic heterocycles. The van der Waals surface area contributed by atoms with E-state index in [1.165, 1.54) is 12.1 Å². The topological polar surface area (TPSA) is 70.9 Å². The van der Waals surface area contributed by atoms with E-state index in [4.69, 9.17) is 5.73 Å². The predicted octanol–water partition coefficient (Wildman–Crippen LogP) is 2.34. The summed E-state index contributed by atoms with van der Waals surface area (Å²) in [5.41, 5.74) is 7.46. The van der Waals surface area contributed by atoms with Gasteiger partial charge < -0.3 is 16.0 Å². The lowest BCUT2D eigenvalue weighted by Gasteiger charge is -2.25. The monoisotopic (exact) mass is 291 g/mol. The van der Waals surface area contributed by atoms with E-state index < -0.39 is 6.04 Å². The minimum absolute atomic E-state index is 0.145. The standard InChI is InChI=1S/C16H22FN3O/c1-16(2,3)14(18)15(21)19-7-6-10-9-20-13-8-11(17)4-5-12(10)13/h4-5,8-9,14,20H,6-7,18H2,1-3H3,(H,19,21)/t14-/m1/s1. The Balaban J connectivity index is 1.95. The third-order valence-corrected chi connectivity index (χ3v) is 3.64. The summed E-state index contributed by atoms with van der Waals surface area (Å²) in [5.74, 6) is -0.409. The van der Waals surface area contributed by atoms with Gasteiger partial charge in [0.15, 0.2) is 0 Å². The van der Waals surface area contributed by atoms with E-state index in [1.54, 1.807) is 6.07 Å². The second-order valence-corrected chi connectivity index (χ2v) is 6.39. The van der Waals surface area contributed by atoms with E-state index in [-0.39, 0.29) is 17.1 Å². The third-order valence-electron chi connectivity index (χ3n) is 3.64. The smallest absolute Gasteiger partial charge is 0.237 e. The molecule has 0 radical (unpaired) electrons. The van der Waals surface area contributed by atoms with Gasteiger partial charge in [-0.25, -0.2) is 4.39 Å². The summed E-state index contributed by atoms with van der Waals surface area (Å²) in [6.07, 6.45) is 2.52. The number of carbonyl (C=O) groups is 1. The van der Waals surface area contributed by atoms with Crippen LogP contribution in [0.25, 0.3) is 10.9 Å². The first-order chi connectivity index (χ1) is 9.79. The van der Waals surface area contributed by atoms with Crippen LogP contribution in [-0.4, -0.2) is 23.5 Å². The van der Waals surface area contributed by atoms with Crippen LogP contribution in [0, 0.1) is 11.2 Å². The van der Waals surface area contributed by atoms with Crippen LogP contribution < -0.4 is 11.1 Å². The molecule has 0 aliphatic carbocycles. The van der Waals surface area contributed by atoms with E-state index in [9.17, 15) is 9.18 Å². The zero-order valence-corrected chi connectivity index (χ0v) is 12.7. The summed E-state index contributed by atoms with van der Waals surface area (Å²) < 4.78 is 13.1. The van der Waals surface area contributed by atoms with Gasteiger partial charge in [-0.15, -0.1) is 0 Å². The summed E-state index contributed by atoms with van der Waals surface area (Å²) in [6, 6.07) is 4.12. The van der Waals surface area contributed by atoms with Gasteiger partial charge in [-0.3, -0.25) is 4.79 Å². The van der Waals surface area contributed by atoms with Crippen molar-refractivity contribution in [1.29, 1.82) is 0 Å². The number of aromatic nitrogens is 1. The molecule has 1 aromatic heterocycles. The first-order valence-corrected chi connectivity index (χ1v) is 7.08. The van der Waals surface area contributed by atoms with Gasteiger partial charge >= 0.3 is 0 Å². The van der Waals surface area contributed by atoms with E-state index >= 15 is 0 Å². The number of fused-ring (bicyclic) bond motifs is 1. The number of aromatic amines is 1. The lowest BCUT2D eigenvalue weighted by Crippen LogP contribution is -2.48. The summed E-state index contributed by atoms with van der Waals surface area (Å²) in [6.45, 7) is 6.31. The third kappa shape index (κ3) is 3.61. The van der Waals surface area contributed by atoms with Crippen LogP contribution in [0.2, 0.25) is 0 Å². The van der Waals surface area contributed by atoms with Crippen molar-refractivity contribution in [3.8, 4) is 0 Å². The van der Waals surface area contributed by atoms with Gasteiger partial charge in [0.1, 0.15) is 5.82 Å². The fourth-order valence-electron chi connectivity index (χ4n) is 2.19. The molecule has 0 bridgehead atoms. The van der Waals surface area contributed by atoms with Gasteiger partial charge in [0.2, 0.25) is 5.91 Å². The minimum Gasteiger partial charge on any atom is -0.361 e. The average molecular weight is 291 g/mol. The second kappa shape index (κ2) is 5.85. The maximum Gasteiger partial charge on any atom is 0.237 e. The Hall–Kier alpha value is -1.88. The highest BCUT2D eigenvalue weighted by Gasteiger charge is 2.26. The Morgan fingerprint density at radius 1 is 1.43 bits per heavy atom. The van der Waals surface area contributed by atoms with E-state index in [2.05, 4.69) is 10.3 Å². The average Bonchev–Trinajstić information content (AvgIpc) is 2.79. The second-order valence-electron chi connectivity index (χ2n) is 6.39. The van der Waals surface area contributed by atoms with Gasteiger partial charge in [0.05, 0.1) is 6.04 Å². The lowest BCUT2D eigenvalue weighted by molar-refractivity contribution is -0.124. The van der Waals surface area contributed by atoms with Crippen molar-refractivity contribution >= 4 is 16.8 Å². The molecule has 1 heterocycles. The summed E-state index contributed by atoms with van der Waals surface area (Å²) in [5, 5.41) is 3.83. The molecule has 2 rings (SSSR count). The van der Waals surface area contributed by atoms with Gasteiger partial charge in [-0.1, -0.05) is 20.8 Å². The molecule has 0 aliphatic rings. The molecule has 1 aromatic carbocycles. The SMILES string of the molecule is CC(C)(C)[C@H](N)C(=O)NCCc1c[nH]c2cc(F)ccc12. The number of benzene rings is 1. The fourth-order valence-corrected chi connectivity index (χ4v) is 2.19. The van der Waals surface area contributed by atoms with Crippen molar-refractivity contribution < 1.29 is 9.18 Å². The largest absolute Gasteiger partial charge is 0.361 e. The van der Waals surface area contributed by atoms with Gasteiger partial charge in [0, 0.05) is 23.6 Å². The first-order valence-electron chi connectivity index (χ1n) is 7.08. The molecule has 0 spiro atoms. The van der Waals surface area contributed by atoms with E-state index in [1.807, 2.05) is 27.0 Å². The molecule has 5 heteroatoms. The molecule has 21 heavy (non-hydrogen) atoms. The molecule has 2 aromatic rings. The zero-order valence-electron chi connectivity index (χ0n) is 12.7. The van der Waals surface area contributed by atoms with Gasteiger partial charge in [-0.05, 0) is 35.6 Å². The van der Waals surface area contributed by atoms with Crippen LogP contribution in [0.4, 0.5) is 4.39 Å². The molecule has 4 N–H and O–H groups in total. The van der Waals surface area contributed by atoms with Crippen molar-refractivity contribution in [2.24, 2.45) is 11.1 Å². The number of rotatable bonds is 4. The maximum absolute atomic E-state index is 13.1. The molecule has 1 atom stereocenters. The maximum atomic E-state index is 13.1. The van der Waals surface area contributed by atoms with Crippen LogP contribution in [0.15, 0.2) is 24.4 Å². The Labute approximate surface area is 123 Å². The van der Waals surface area contributed by atoms with E-state index in [0.717, 1.165) is 16.5 Å². The Bertz CT molecular complexity index is 642. The summed E-state index contributed by atoms with van der Waals surface area (Å²) in [7, 11) is 0. The van der Waals surface area contributed by atoms with Gasteiger partial charge in [0.25, 0.3) is 0 Å². The molecule has 0 unspecified atom stereocenters. The molecular weight excluding hydrogens is 269 g/mol. The number of nitrogens with one attached hydrogen (secondary N) is 2. The molecule has 4 nitrogen and oxygen atoms in total. The summed E-state index contributed by atoms with van der Waals surface area (Å²) >= 11 is 0. The number of H-pyrrole nitrogens is 1. The highest BCUT2D eigenvalue weighted by molar-refractivity contribution is 5.84. The molecule has 0 saturated heterocycles. The number of halogens is 1. The quantitative estimate of drug-likeness (QED) is 0.809. The Morgan fingerprint density at radius 2 is 2.14 bits per heavy atom. The Kier molecular flexibility index (Phi) is 4.32. The molecule has 0 fully saturated rings. The van der Waals surface area contributed by atoms with Gasteiger partial charge in [-0.2, -0.15) is 0 Å². The van der Waals surface area contributed by atoms with Crippen molar-refractivity contribution in [2.45, 2.75) is 33.2 Å². The van der Waals surface area contributed by atoms with Crippen LogP contribution in [0.5, 0.6) is 0 Å².